The van der Waals surface area contributed by atoms with Gasteiger partial charge in [-0.1, -0.05) is 11.6 Å². The Morgan fingerprint density at radius 2 is 2.29 bits per heavy atom. The fraction of sp³-hybridized carbons (Fsp3) is 0.444. The zero-order valence-electron chi connectivity index (χ0n) is 13.4. The Morgan fingerprint density at radius 3 is 3.12 bits per heavy atom. The predicted molar refractivity (Wildman–Crippen MR) is 91.2 cm³/mol. The van der Waals surface area contributed by atoms with E-state index in [0.29, 0.717) is 24.1 Å². The number of halogens is 1. The first kappa shape index (κ1) is 15.5. The molecule has 0 bridgehead atoms. The van der Waals surface area contributed by atoms with Gasteiger partial charge in [0.05, 0.1) is 18.3 Å². The second-order valence-electron chi connectivity index (χ2n) is 6.55. The molecule has 4 rings (SSSR count). The van der Waals surface area contributed by atoms with Crippen molar-refractivity contribution in [2.75, 3.05) is 19.7 Å². The summed E-state index contributed by atoms with van der Waals surface area (Å²) in [6.45, 7) is 2.01. The molecular weight excluding hydrogens is 326 g/mol. The van der Waals surface area contributed by atoms with Gasteiger partial charge in [-0.2, -0.15) is 0 Å². The van der Waals surface area contributed by atoms with E-state index in [0.717, 1.165) is 37.2 Å². The first-order valence-corrected chi connectivity index (χ1v) is 8.76. The molecule has 6 heteroatoms. The van der Waals surface area contributed by atoms with Crippen molar-refractivity contribution in [3.63, 3.8) is 0 Å². The van der Waals surface area contributed by atoms with Gasteiger partial charge in [0.15, 0.2) is 0 Å². The highest BCUT2D eigenvalue weighted by Crippen LogP contribution is 2.31. The van der Waals surface area contributed by atoms with Crippen molar-refractivity contribution in [2.45, 2.75) is 25.3 Å². The summed E-state index contributed by atoms with van der Waals surface area (Å²) in [4.78, 5) is 19.1. The summed E-state index contributed by atoms with van der Waals surface area (Å²) < 4.78 is 7.88. The molecule has 2 aliphatic rings. The Morgan fingerprint density at radius 1 is 1.38 bits per heavy atom. The fourth-order valence-corrected chi connectivity index (χ4v) is 3.86. The molecule has 24 heavy (non-hydrogen) atoms. The molecule has 0 radical (unpaired) electrons. The molecule has 0 N–H and O–H groups in total. The van der Waals surface area contributed by atoms with Gasteiger partial charge < -0.3 is 14.2 Å². The van der Waals surface area contributed by atoms with Gasteiger partial charge in [0.2, 0.25) is 5.91 Å². The van der Waals surface area contributed by atoms with Crippen LogP contribution < -0.4 is 4.74 Å². The largest absolute Gasteiger partial charge is 0.492 e. The first-order valence-electron chi connectivity index (χ1n) is 8.38. The number of likely N-dealkylation sites (tertiary alicyclic amines) is 1. The minimum atomic E-state index is -0.127. The number of rotatable bonds is 2. The minimum absolute atomic E-state index is 0.127. The number of hydrogen-bond donors (Lipinski definition) is 0. The number of nitrogens with zero attached hydrogens (tertiary/aromatic N) is 3. The highest BCUT2D eigenvalue weighted by Gasteiger charge is 2.32. The second-order valence-corrected chi connectivity index (χ2v) is 6.99. The van der Waals surface area contributed by atoms with Crippen LogP contribution in [0.5, 0.6) is 5.75 Å². The van der Waals surface area contributed by atoms with Gasteiger partial charge in [-0.05, 0) is 43.0 Å². The zero-order chi connectivity index (χ0) is 16.5. The maximum absolute atomic E-state index is 13.0. The van der Waals surface area contributed by atoms with Crippen molar-refractivity contribution < 1.29 is 9.53 Å². The van der Waals surface area contributed by atoms with E-state index in [1.165, 1.54) is 0 Å². The van der Waals surface area contributed by atoms with Crippen molar-refractivity contribution in [2.24, 2.45) is 5.92 Å². The van der Waals surface area contributed by atoms with Gasteiger partial charge in [-0.3, -0.25) is 4.79 Å². The molecule has 3 heterocycles. The van der Waals surface area contributed by atoms with Crippen LogP contribution in [0.2, 0.25) is 5.02 Å². The van der Waals surface area contributed by atoms with Crippen molar-refractivity contribution in [1.29, 1.82) is 0 Å². The number of piperidine rings is 1. The van der Waals surface area contributed by atoms with Gasteiger partial charge in [-0.25, -0.2) is 4.98 Å². The smallest absolute Gasteiger partial charge is 0.229 e. The Kier molecular flexibility index (Phi) is 4.19. The molecule has 0 saturated carbocycles. The lowest BCUT2D eigenvalue weighted by Gasteiger charge is -2.36. The number of benzene rings is 1. The summed E-state index contributed by atoms with van der Waals surface area (Å²) >= 11 is 6.07. The average Bonchev–Trinajstić information content (AvgIpc) is 3.15. The van der Waals surface area contributed by atoms with Crippen LogP contribution in [0.1, 0.15) is 24.4 Å². The van der Waals surface area contributed by atoms with E-state index in [9.17, 15) is 4.79 Å². The van der Waals surface area contributed by atoms with Crippen LogP contribution in [0.4, 0.5) is 0 Å². The monoisotopic (exact) mass is 345 g/mol. The molecule has 2 atom stereocenters. The Hall–Kier alpha value is -2.01. The fourth-order valence-electron chi connectivity index (χ4n) is 3.66. The molecule has 2 aliphatic heterocycles. The van der Waals surface area contributed by atoms with Crippen LogP contribution in [0.25, 0.3) is 0 Å². The summed E-state index contributed by atoms with van der Waals surface area (Å²) in [6.07, 6.45) is 8.39. The molecule has 2 aromatic rings. The Bertz CT molecular complexity index is 732. The molecule has 0 unspecified atom stereocenters. The highest BCUT2D eigenvalue weighted by molar-refractivity contribution is 6.30. The molecular formula is C18H20ClN3O2. The van der Waals surface area contributed by atoms with Crippen molar-refractivity contribution in [3.8, 4) is 5.75 Å². The Labute approximate surface area is 146 Å². The van der Waals surface area contributed by atoms with E-state index in [1.807, 2.05) is 35.6 Å². The normalized spacial score (nSPS) is 23.5. The van der Waals surface area contributed by atoms with Gasteiger partial charge in [0.25, 0.3) is 0 Å². The van der Waals surface area contributed by atoms with Crippen LogP contribution in [0.15, 0.2) is 36.9 Å². The SMILES string of the molecule is O=C([C@@H]1COc2ccc(Cl)cc2C1)N1CCC[C@H](n2ccnc2)C1. The number of amides is 1. The van der Waals surface area contributed by atoms with Crippen LogP contribution in [-0.2, 0) is 11.2 Å². The van der Waals surface area contributed by atoms with E-state index in [2.05, 4.69) is 9.55 Å². The molecule has 1 saturated heterocycles. The Balaban J connectivity index is 1.46. The summed E-state index contributed by atoms with van der Waals surface area (Å²) in [5, 5.41) is 0.684. The predicted octanol–water partition coefficient (Wildman–Crippen LogP) is 2.95. The number of ether oxygens (including phenoxy) is 1. The van der Waals surface area contributed by atoms with Gasteiger partial charge >= 0.3 is 0 Å². The third kappa shape index (κ3) is 3.00. The van der Waals surface area contributed by atoms with Crippen molar-refractivity contribution in [1.82, 2.24) is 14.5 Å². The standard InChI is InChI=1S/C18H20ClN3O2/c19-15-3-4-17-13(9-15)8-14(11-24-17)18(23)21-6-1-2-16(10-21)22-7-5-20-12-22/h3-5,7,9,12,14,16H,1-2,6,8,10-11H2/t14-,16-/m0/s1. The van der Waals surface area contributed by atoms with Gasteiger partial charge in [-0.15, -0.1) is 0 Å². The summed E-state index contributed by atoms with van der Waals surface area (Å²) in [7, 11) is 0. The number of fused-ring (bicyclic) bond motifs is 1. The maximum atomic E-state index is 13.0. The lowest BCUT2D eigenvalue weighted by atomic mass is 9.94. The van der Waals surface area contributed by atoms with E-state index in [4.69, 9.17) is 16.3 Å². The summed E-state index contributed by atoms with van der Waals surface area (Å²) in [6, 6.07) is 5.93. The lowest BCUT2D eigenvalue weighted by Crippen LogP contribution is -2.46. The molecule has 1 fully saturated rings. The minimum Gasteiger partial charge on any atom is -0.492 e. The summed E-state index contributed by atoms with van der Waals surface area (Å²) in [5.74, 6) is 0.904. The summed E-state index contributed by atoms with van der Waals surface area (Å²) in [5.41, 5.74) is 1.02. The van der Waals surface area contributed by atoms with Crippen LogP contribution in [-0.4, -0.2) is 40.1 Å². The molecule has 1 aromatic carbocycles. The van der Waals surface area contributed by atoms with Crippen molar-refractivity contribution in [3.05, 3.63) is 47.5 Å². The van der Waals surface area contributed by atoms with Crippen LogP contribution >= 0.6 is 11.6 Å². The van der Waals surface area contributed by atoms with Crippen LogP contribution in [0, 0.1) is 5.92 Å². The van der Waals surface area contributed by atoms with E-state index in [-0.39, 0.29) is 11.8 Å². The second kappa shape index (κ2) is 6.48. The highest BCUT2D eigenvalue weighted by atomic mass is 35.5. The first-order chi connectivity index (χ1) is 11.7. The lowest BCUT2D eigenvalue weighted by molar-refractivity contribution is -0.138. The maximum Gasteiger partial charge on any atom is 0.229 e. The molecule has 0 aliphatic carbocycles. The average molecular weight is 346 g/mol. The third-order valence-electron chi connectivity index (χ3n) is 4.93. The molecule has 1 aromatic heterocycles. The quantitative estimate of drug-likeness (QED) is 0.840. The third-order valence-corrected chi connectivity index (χ3v) is 5.17. The molecule has 5 nitrogen and oxygen atoms in total. The number of aromatic nitrogens is 2. The number of carbonyl (C=O) groups is 1. The molecule has 126 valence electrons. The van der Waals surface area contributed by atoms with E-state index >= 15 is 0 Å². The topological polar surface area (TPSA) is 47.4 Å². The zero-order valence-corrected chi connectivity index (χ0v) is 14.2. The number of hydrogen-bond acceptors (Lipinski definition) is 3. The van der Waals surface area contributed by atoms with E-state index < -0.39 is 0 Å². The van der Waals surface area contributed by atoms with Gasteiger partial charge in [0, 0.05) is 30.5 Å². The molecule has 1 amide bonds. The van der Waals surface area contributed by atoms with Gasteiger partial charge in [0.1, 0.15) is 12.4 Å². The molecule has 0 spiro atoms. The van der Waals surface area contributed by atoms with Crippen molar-refractivity contribution >= 4 is 17.5 Å². The van der Waals surface area contributed by atoms with Crippen LogP contribution in [0.3, 0.4) is 0 Å². The number of carbonyl (C=O) groups excluding carboxylic acids is 1. The van der Waals surface area contributed by atoms with E-state index in [1.54, 1.807) is 6.20 Å². The number of imidazole rings is 1.